The van der Waals surface area contributed by atoms with Gasteiger partial charge in [-0.15, -0.1) is 0 Å². The average molecular weight is 343 g/mol. The van der Waals surface area contributed by atoms with Crippen molar-refractivity contribution in [2.75, 3.05) is 0 Å². The Bertz CT molecular complexity index is 1060. The third kappa shape index (κ3) is 2.80. The van der Waals surface area contributed by atoms with E-state index in [1.54, 1.807) is 0 Å². The van der Waals surface area contributed by atoms with E-state index in [9.17, 15) is 9.90 Å². The molecule has 26 heavy (non-hydrogen) atoms. The zero-order chi connectivity index (χ0) is 18.3. The number of aromatic nitrogens is 1. The lowest BCUT2D eigenvalue weighted by molar-refractivity contribution is 0.0697. The fraction of sp³-hybridized carbons (Fsp3) is 0.217. The standard InChI is InChI=1S/C23H21NO2/c1-14-10-11-15(2)17(12-14)13-16-6-5-8-19-21(23(25)26)18-7-3-4-9-20(18)24-22(16)19/h3-4,7,9-13H,5-6,8H2,1-2H3,(H,25,26). The largest absolute Gasteiger partial charge is 0.478 e. The molecule has 0 spiro atoms. The molecule has 2 aromatic carbocycles. The quantitative estimate of drug-likeness (QED) is 0.675. The van der Waals surface area contributed by atoms with E-state index in [1.165, 1.54) is 16.7 Å². The van der Waals surface area contributed by atoms with E-state index in [0.717, 1.165) is 47.0 Å². The Morgan fingerprint density at radius 3 is 2.73 bits per heavy atom. The zero-order valence-electron chi connectivity index (χ0n) is 15.0. The van der Waals surface area contributed by atoms with Crippen molar-refractivity contribution < 1.29 is 9.90 Å². The van der Waals surface area contributed by atoms with Crippen LogP contribution in [0, 0.1) is 13.8 Å². The van der Waals surface area contributed by atoms with E-state index in [-0.39, 0.29) is 0 Å². The van der Waals surface area contributed by atoms with Crippen LogP contribution in [0.3, 0.4) is 0 Å². The van der Waals surface area contributed by atoms with Crippen molar-refractivity contribution in [1.82, 2.24) is 4.98 Å². The highest BCUT2D eigenvalue weighted by Crippen LogP contribution is 2.36. The lowest BCUT2D eigenvalue weighted by atomic mass is 9.85. The zero-order valence-corrected chi connectivity index (χ0v) is 15.0. The number of hydrogen-bond acceptors (Lipinski definition) is 2. The highest BCUT2D eigenvalue weighted by molar-refractivity contribution is 6.05. The van der Waals surface area contributed by atoms with Gasteiger partial charge in [0.15, 0.2) is 0 Å². The van der Waals surface area contributed by atoms with Crippen molar-refractivity contribution in [3.8, 4) is 0 Å². The Kier molecular flexibility index (Phi) is 4.08. The molecule has 0 amide bonds. The average Bonchev–Trinajstić information content (AvgIpc) is 2.63. The Hall–Kier alpha value is -2.94. The minimum Gasteiger partial charge on any atom is -0.478 e. The van der Waals surface area contributed by atoms with Gasteiger partial charge in [0.05, 0.1) is 16.8 Å². The first-order valence-corrected chi connectivity index (χ1v) is 8.97. The molecule has 1 aliphatic carbocycles. The van der Waals surface area contributed by atoms with Crippen molar-refractivity contribution in [1.29, 1.82) is 0 Å². The molecule has 0 bridgehead atoms. The molecule has 0 unspecified atom stereocenters. The van der Waals surface area contributed by atoms with E-state index in [4.69, 9.17) is 4.98 Å². The summed E-state index contributed by atoms with van der Waals surface area (Å²) in [4.78, 5) is 16.9. The minimum atomic E-state index is -0.868. The highest BCUT2D eigenvalue weighted by atomic mass is 16.4. The third-order valence-electron chi connectivity index (χ3n) is 5.15. The fourth-order valence-electron chi connectivity index (χ4n) is 3.82. The second-order valence-corrected chi connectivity index (χ2v) is 7.02. The summed E-state index contributed by atoms with van der Waals surface area (Å²) in [5.74, 6) is -0.868. The molecule has 0 radical (unpaired) electrons. The Morgan fingerprint density at radius 2 is 1.92 bits per heavy atom. The second-order valence-electron chi connectivity index (χ2n) is 7.02. The van der Waals surface area contributed by atoms with Crippen molar-refractivity contribution in [2.24, 2.45) is 0 Å². The number of nitrogens with zero attached hydrogens (tertiary/aromatic N) is 1. The van der Waals surface area contributed by atoms with Crippen LogP contribution in [0.25, 0.3) is 22.6 Å². The molecule has 0 atom stereocenters. The Morgan fingerprint density at radius 1 is 1.12 bits per heavy atom. The van der Waals surface area contributed by atoms with Crippen LogP contribution in [-0.2, 0) is 6.42 Å². The molecular formula is C23H21NO2. The Labute approximate surface area is 153 Å². The van der Waals surface area contributed by atoms with Crippen molar-refractivity contribution in [2.45, 2.75) is 33.1 Å². The van der Waals surface area contributed by atoms with Crippen LogP contribution >= 0.6 is 0 Å². The molecule has 0 saturated heterocycles. The molecule has 4 rings (SSSR count). The number of benzene rings is 2. The monoisotopic (exact) mass is 343 g/mol. The van der Waals surface area contributed by atoms with E-state index >= 15 is 0 Å². The lowest BCUT2D eigenvalue weighted by Crippen LogP contribution is -2.13. The summed E-state index contributed by atoms with van der Waals surface area (Å²) in [5, 5.41) is 10.6. The molecule has 0 saturated carbocycles. The second kappa shape index (κ2) is 6.41. The Balaban J connectivity index is 1.98. The smallest absolute Gasteiger partial charge is 0.336 e. The number of allylic oxidation sites excluding steroid dienone is 1. The number of aromatic carboxylic acids is 1. The normalized spacial score (nSPS) is 15.2. The number of carboxylic acid groups (broad SMARTS) is 1. The van der Waals surface area contributed by atoms with E-state index in [1.807, 2.05) is 24.3 Å². The van der Waals surface area contributed by atoms with E-state index in [0.29, 0.717) is 5.56 Å². The van der Waals surface area contributed by atoms with Crippen molar-refractivity contribution in [3.05, 3.63) is 76.0 Å². The molecule has 1 aromatic heterocycles. The maximum absolute atomic E-state index is 12.0. The molecular weight excluding hydrogens is 322 g/mol. The van der Waals surface area contributed by atoms with Gasteiger partial charge in [-0.2, -0.15) is 0 Å². The van der Waals surface area contributed by atoms with Crippen molar-refractivity contribution in [3.63, 3.8) is 0 Å². The summed E-state index contributed by atoms with van der Waals surface area (Å²) in [5.41, 5.74) is 7.64. The summed E-state index contributed by atoms with van der Waals surface area (Å²) in [6.07, 6.45) is 4.82. The molecule has 3 nitrogen and oxygen atoms in total. The molecule has 0 aliphatic heterocycles. The van der Waals surface area contributed by atoms with Gasteiger partial charge in [-0.1, -0.05) is 42.0 Å². The number of rotatable bonds is 2. The van der Waals surface area contributed by atoms with Crippen molar-refractivity contribution >= 4 is 28.5 Å². The van der Waals surface area contributed by atoms with Gasteiger partial charge in [0.1, 0.15) is 0 Å². The van der Waals surface area contributed by atoms with Gasteiger partial charge in [0, 0.05) is 5.39 Å². The number of para-hydroxylation sites is 1. The molecule has 1 aliphatic rings. The van der Waals surface area contributed by atoms with Gasteiger partial charge in [-0.05, 0) is 67.5 Å². The number of pyridine rings is 1. The lowest BCUT2D eigenvalue weighted by Gasteiger charge is -2.22. The van der Waals surface area contributed by atoms with Gasteiger partial charge in [-0.3, -0.25) is 0 Å². The van der Waals surface area contributed by atoms with Gasteiger partial charge < -0.3 is 5.11 Å². The number of hydrogen-bond donors (Lipinski definition) is 1. The number of aryl methyl sites for hydroxylation is 2. The summed E-state index contributed by atoms with van der Waals surface area (Å²) in [6.45, 7) is 4.19. The molecule has 3 heteroatoms. The van der Waals surface area contributed by atoms with E-state index < -0.39 is 5.97 Å². The summed E-state index contributed by atoms with van der Waals surface area (Å²) in [6, 6.07) is 13.9. The third-order valence-corrected chi connectivity index (χ3v) is 5.15. The highest BCUT2D eigenvalue weighted by Gasteiger charge is 2.24. The van der Waals surface area contributed by atoms with Gasteiger partial charge in [-0.25, -0.2) is 9.78 Å². The fourth-order valence-corrected chi connectivity index (χ4v) is 3.82. The van der Waals surface area contributed by atoms with Crippen LogP contribution in [0.2, 0.25) is 0 Å². The number of fused-ring (bicyclic) bond motifs is 2. The first-order chi connectivity index (χ1) is 12.5. The molecule has 1 heterocycles. The predicted octanol–water partition coefficient (Wildman–Crippen LogP) is 5.43. The maximum Gasteiger partial charge on any atom is 0.336 e. The van der Waals surface area contributed by atoms with Crippen LogP contribution in [0.15, 0.2) is 42.5 Å². The van der Waals surface area contributed by atoms with Crippen LogP contribution in [0.5, 0.6) is 0 Å². The predicted molar refractivity (Wildman–Crippen MR) is 105 cm³/mol. The molecule has 0 fully saturated rings. The SMILES string of the molecule is Cc1ccc(C)c(C=C2CCCc3c2nc2ccccc2c3C(=O)O)c1. The number of carbonyl (C=O) groups is 1. The maximum atomic E-state index is 12.0. The number of carboxylic acids is 1. The summed E-state index contributed by atoms with van der Waals surface area (Å²) < 4.78 is 0. The van der Waals surface area contributed by atoms with Crippen LogP contribution in [-0.4, -0.2) is 16.1 Å². The first kappa shape index (κ1) is 16.5. The topological polar surface area (TPSA) is 50.2 Å². The van der Waals surface area contributed by atoms with Crippen LogP contribution < -0.4 is 0 Å². The molecule has 130 valence electrons. The molecule has 3 aromatic rings. The van der Waals surface area contributed by atoms with Crippen LogP contribution in [0.4, 0.5) is 0 Å². The van der Waals surface area contributed by atoms with E-state index in [2.05, 4.69) is 38.1 Å². The van der Waals surface area contributed by atoms with Gasteiger partial charge in [0.25, 0.3) is 0 Å². The first-order valence-electron chi connectivity index (χ1n) is 8.97. The van der Waals surface area contributed by atoms with Gasteiger partial charge in [0.2, 0.25) is 0 Å². The van der Waals surface area contributed by atoms with Gasteiger partial charge >= 0.3 is 5.97 Å². The minimum absolute atomic E-state index is 0.414. The molecule has 1 N–H and O–H groups in total. The summed E-state index contributed by atoms with van der Waals surface area (Å²) in [7, 11) is 0. The summed E-state index contributed by atoms with van der Waals surface area (Å²) >= 11 is 0. The van der Waals surface area contributed by atoms with Crippen LogP contribution in [0.1, 0.15) is 51.1 Å².